The van der Waals surface area contributed by atoms with Gasteiger partial charge in [0.15, 0.2) is 0 Å². The van der Waals surface area contributed by atoms with Crippen LogP contribution in [0.2, 0.25) is 0 Å². The van der Waals surface area contributed by atoms with Crippen molar-refractivity contribution in [2.45, 2.75) is 32.5 Å². The van der Waals surface area contributed by atoms with Crippen LogP contribution in [0, 0.1) is 0 Å². The van der Waals surface area contributed by atoms with Crippen LogP contribution < -0.4 is 10.2 Å². The Morgan fingerprint density at radius 1 is 1.16 bits per heavy atom. The summed E-state index contributed by atoms with van der Waals surface area (Å²) >= 11 is 0. The van der Waals surface area contributed by atoms with Crippen LogP contribution in [0.5, 0.6) is 0 Å². The SMILES string of the molecule is C[C@@H]1[C@@H](C)OCCN1C(=O)NCc1ccccc1N1CCN(C)CC1. The van der Waals surface area contributed by atoms with E-state index in [1.807, 2.05) is 24.8 Å². The van der Waals surface area contributed by atoms with E-state index in [0.29, 0.717) is 19.7 Å². The summed E-state index contributed by atoms with van der Waals surface area (Å²) in [6.07, 6.45) is 0.0807. The number of carbonyl (C=O) groups is 1. The van der Waals surface area contributed by atoms with E-state index in [1.165, 1.54) is 11.3 Å². The summed E-state index contributed by atoms with van der Waals surface area (Å²) in [4.78, 5) is 19.2. The highest BCUT2D eigenvalue weighted by atomic mass is 16.5. The zero-order valence-corrected chi connectivity index (χ0v) is 15.6. The molecule has 1 N–H and O–H groups in total. The number of carbonyl (C=O) groups excluding carboxylic acids is 1. The molecule has 0 saturated carbocycles. The molecule has 2 saturated heterocycles. The standard InChI is InChI=1S/C19H30N4O2/c1-15-16(2)25-13-12-23(15)19(24)20-14-17-6-4-5-7-18(17)22-10-8-21(3)9-11-22/h4-7,15-16H,8-14H2,1-3H3,(H,20,24)/t15-,16-/m1/s1. The second-order valence-electron chi connectivity index (χ2n) is 7.09. The Balaban J connectivity index is 1.62. The fourth-order valence-corrected chi connectivity index (χ4v) is 3.51. The monoisotopic (exact) mass is 346 g/mol. The van der Waals surface area contributed by atoms with E-state index in [0.717, 1.165) is 26.2 Å². The van der Waals surface area contributed by atoms with Gasteiger partial charge in [-0.1, -0.05) is 18.2 Å². The Labute approximate surface area is 150 Å². The molecule has 25 heavy (non-hydrogen) atoms. The molecule has 0 spiro atoms. The number of rotatable bonds is 3. The highest BCUT2D eigenvalue weighted by Crippen LogP contribution is 2.22. The molecule has 1 aromatic rings. The number of likely N-dealkylation sites (N-methyl/N-ethyl adjacent to an activating group) is 1. The molecule has 2 aliphatic heterocycles. The van der Waals surface area contributed by atoms with Crippen LogP contribution in [-0.2, 0) is 11.3 Å². The number of hydrogen-bond donors (Lipinski definition) is 1. The molecule has 6 heteroatoms. The maximum Gasteiger partial charge on any atom is 0.318 e. The number of nitrogens with zero attached hydrogens (tertiary/aromatic N) is 3. The molecule has 6 nitrogen and oxygen atoms in total. The number of urea groups is 1. The lowest BCUT2D eigenvalue weighted by molar-refractivity contribution is -0.0376. The maximum absolute atomic E-state index is 12.6. The molecule has 2 heterocycles. The third-order valence-corrected chi connectivity index (χ3v) is 5.41. The van der Waals surface area contributed by atoms with Crippen molar-refractivity contribution in [2.75, 3.05) is 51.3 Å². The largest absolute Gasteiger partial charge is 0.375 e. The fourth-order valence-electron chi connectivity index (χ4n) is 3.51. The van der Waals surface area contributed by atoms with E-state index in [1.54, 1.807) is 0 Å². The Bertz CT molecular complexity index is 587. The van der Waals surface area contributed by atoms with Gasteiger partial charge in [0.1, 0.15) is 0 Å². The van der Waals surface area contributed by atoms with Crippen LogP contribution in [-0.4, -0.2) is 74.4 Å². The van der Waals surface area contributed by atoms with Gasteiger partial charge in [0.25, 0.3) is 0 Å². The van der Waals surface area contributed by atoms with E-state index in [-0.39, 0.29) is 18.2 Å². The average molecular weight is 346 g/mol. The van der Waals surface area contributed by atoms with E-state index >= 15 is 0 Å². The molecule has 0 unspecified atom stereocenters. The zero-order chi connectivity index (χ0) is 17.8. The van der Waals surface area contributed by atoms with Crippen molar-refractivity contribution in [3.8, 4) is 0 Å². The lowest BCUT2D eigenvalue weighted by Gasteiger charge is -2.38. The Hall–Kier alpha value is -1.79. The van der Waals surface area contributed by atoms with Crippen LogP contribution in [0.4, 0.5) is 10.5 Å². The Morgan fingerprint density at radius 3 is 2.64 bits per heavy atom. The lowest BCUT2D eigenvalue weighted by atomic mass is 10.1. The van der Waals surface area contributed by atoms with Gasteiger partial charge < -0.3 is 24.8 Å². The quantitative estimate of drug-likeness (QED) is 0.906. The molecule has 3 rings (SSSR count). The summed E-state index contributed by atoms with van der Waals surface area (Å²) in [5.74, 6) is 0. The molecule has 1 aromatic carbocycles. The molecule has 138 valence electrons. The van der Waals surface area contributed by atoms with Crippen molar-refractivity contribution in [2.24, 2.45) is 0 Å². The molecule has 0 aromatic heterocycles. The van der Waals surface area contributed by atoms with Gasteiger partial charge in [-0.15, -0.1) is 0 Å². The first-order chi connectivity index (χ1) is 12.1. The summed E-state index contributed by atoms with van der Waals surface area (Å²) < 4.78 is 5.61. The fraction of sp³-hybridized carbons (Fsp3) is 0.632. The minimum absolute atomic E-state index is 0.00386. The maximum atomic E-state index is 12.6. The van der Waals surface area contributed by atoms with Crippen LogP contribution >= 0.6 is 0 Å². The third-order valence-electron chi connectivity index (χ3n) is 5.41. The molecule has 0 radical (unpaired) electrons. The number of benzene rings is 1. The summed E-state index contributed by atoms with van der Waals surface area (Å²) in [5.41, 5.74) is 2.41. The zero-order valence-electron chi connectivity index (χ0n) is 15.6. The number of amides is 2. The second kappa shape index (κ2) is 8.06. The normalized spacial score (nSPS) is 25.1. The molecule has 2 amide bonds. The van der Waals surface area contributed by atoms with Gasteiger partial charge in [-0.2, -0.15) is 0 Å². The summed E-state index contributed by atoms with van der Waals surface area (Å²) in [6, 6.07) is 8.48. The topological polar surface area (TPSA) is 48.1 Å². The van der Waals surface area contributed by atoms with Gasteiger partial charge in [0, 0.05) is 45.0 Å². The highest BCUT2D eigenvalue weighted by molar-refractivity contribution is 5.75. The minimum Gasteiger partial charge on any atom is -0.375 e. The molecule has 2 atom stereocenters. The molecule has 0 bridgehead atoms. The molecule has 2 fully saturated rings. The predicted molar refractivity (Wildman–Crippen MR) is 100.0 cm³/mol. The third kappa shape index (κ3) is 4.25. The van der Waals surface area contributed by atoms with E-state index < -0.39 is 0 Å². The molecular weight excluding hydrogens is 316 g/mol. The number of ether oxygens (including phenoxy) is 1. The Kier molecular flexibility index (Phi) is 5.81. The van der Waals surface area contributed by atoms with Crippen LogP contribution in [0.1, 0.15) is 19.4 Å². The van der Waals surface area contributed by atoms with Crippen molar-refractivity contribution in [1.29, 1.82) is 0 Å². The Morgan fingerprint density at radius 2 is 1.88 bits per heavy atom. The van der Waals surface area contributed by atoms with Crippen molar-refractivity contribution >= 4 is 11.7 Å². The van der Waals surface area contributed by atoms with Gasteiger partial charge in [-0.05, 0) is 32.5 Å². The minimum atomic E-state index is -0.00386. The van der Waals surface area contributed by atoms with Gasteiger partial charge >= 0.3 is 6.03 Å². The van der Waals surface area contributed by atoms with Gasteiger partial charge in [-0.25, -0.2) is 4.79 Å². The van der Waals surface area contributed by atoms with Gasteiger partial charge in [0.05, 0.1) is 18.8 Å². The first-order valence-electron chi connectivity index (χ1n) is 9.23. The number of para-hydroxylation sites is 1. The average Bonchev–Trinajstić information content (AvgIpc) is 2.63. The summed E-state index contributed by atoms with van der Waals surface area (Å²) in [5, 5.41) is 3.10. The molecule has 2 aliphatic rings. The number of morpholine rings is 1. The van der Waals surface area contributed by atoms with Crippen molar-refractivity contribution < 1.29 is 9.53 Å². The smallest absolute Gasteiger partial charge is 0.318 e. The number of anilines is 1. The second-order valence-corrected chi connectivity index (χ2v) is 7.09. The van der Waals surface area contributed by atoms with E-state index in [9.17, 15) is 4.79 Å². The van der Waals surface area contributed by atoms with Crippen molar-refractivity contribution in [1.82, 2.24) is 15.1 Å². The summed E-state index contributed by atoms with van der Waals surface area (Å²) in [6.45, 7) is 10.1. The number of nitrogens with one attached hydrogen (secondary N) is 1. The van der Waals surface area contributed by atoms with Crippen molar-refractivity contribution in [3.63, 3.8) is 0 Å². The van der Waals surface area contributed by atoms with E-state index in [4.69, 9.17) is 4.74 Å². The van der Waals surface area contributed by atoms with Gasteiger partial charge in [-0.3, -0.25) is 0 Å². The van der Waals surface area contributed by atoms with E-state index in [2.05, 4.69) is 40.4 Å². The number of hydrogen-bond acceptors (Lipinski definition) is 4. The highest BCUT2D eigenvalue weighted by Gasteiger charge is 2.29. The lowest BCUT2D eigenvalue weighted by Crippen LogP contribution is -2.54. The predicted octanol–water partition coefficient (Wildman–Crippen LogP) is 1.76. The van der Waals surface area contributed by atoms with Crippen LogP contribution in [0.15, 0.2) is 24.3 Å². The van der Waals surface area contributed by atoms with Crippen LogP contribution in [0.25, 0.3) is 0 Å². The first kappa shape index (κ1) is 18.0. The number of piperazine rings is 1. The first-order valence-corrected chi connectivity index (χ1v) is 9.23. The molecular formula is C19H30N4O2. The van der Waals surface area contributed by atoms with Crippen LogP contribution in [0.3, 0.4) is 0 Å². The van der Waals surface area contributed by atoms with Crippen molar-refractivity contribution in [3.05, 3.63) is 29.8 Å². The van der Waals surface area contributed by atoms with Gasteiger partial charge in [0.2, 0.25) is 0 Å². The molecule has 0 aliphatic carbocycles. The summed E-state index contributed by atoms with van der Waals surface area (Å²) in [7, 11) is 2.16.